The van der Waals surface area contributed by atoms with E-state index >= 15 is 0 Å². The van der Waals surface area contributed by atoms with Crippen LogP contribution in [0.3, 0.4) is 0 Å². The third-order valence-corrected chi connectivity index (χ3v) is 3.70. The first-order chi connectivity index (χ1) is 8.99. The lowest BCUT2D eigenvalue weighted by Gasteiger charge is -2.30. The number of aromatic nitrogens is 2. The van der Waals surface area contributed by atoms with Gasteiger partial charge in [0.15, 0.2) is 0 Å². The highest BCUT2D eigenvalue weighted by Gasteiger charge is 2.14. The van der Waals surface area contributed by atoms with Gasteiger partial charge in [-0.3, -0.25) is 9.88 Å². The minimum absolute atomic E-state index is 0.584. The SMILES string of the molecule is Cc1cnc2c(CCN(C(C)C)C(C)C)c[nH]c2c1. The van der Waals surface area contributed by atoms with Crippen LogP contribution < -0.4 is 0 Å². The summed E-state index contributed by atoms with van der Waals surface area (Å²) in [5.41, 5.74) is 4.79. The minimum Gasteiger partial charge on any atom is -0.360 e. The molecule has 0 spiro atoms. The third-order valence-electron chi connectivity index (χ3n) is 3.70. The number of aryl methyl sites for hydroxylation is 1. The number of nitrogens with zero attached hydrogens (tertiary/aromatic N) is 2. The summed E-state index contributed by atoms with van der Waals surface area (Å²) in [4.78, 5) is 10.4. The van der Waals surface area contributed by atoms with E-state index in [1.54, 1.807) is 0 Å². The van der Waals surface area contributed by atoms with E-state index in [-0.39, 0.29) is 0 Å². The summed E-state index contributed by atoms with van der Waals surface area (Å²) < 4.78 is 0. The number of aromatic amines is 1. The molecule has 0 bridgehead atoms. The number of rotatable bonds is 5. The maximum atomic E-state index is 4.56. The number of fused-ring (bicyclic) bond motifs is 1. The molecular formula is C16H25N3. The van der Waals surface area contributed by atoms with Crippen LogP contribution in [0.4, 0.5) is 0 Å². The van der Waals surface area contributed by atoms with Crippen molar-refractivity contribution in [3.8, 4) is 0 Å². The molecule has 0 aliphatic carbocycles. The van der Waals surface area contributed by atoms with Gasteiger partial charge in [-0.1, -0.05) is 0 Å². The van der Waals surface area contributed by atoms with E-state index in [0.29, 0.717) is 12.1 Å². The highest BCUT2D eigenvalue weighted by molar-refractivity contribution is 5.79. The Morgan fingerprint density at radius 1 is 1.21 bits per heavy atom. The first-order valence-corrected chi connectivity index (χ1v) is 7.17. The second-order valence-electron chi connectivity index (χ2n) is 5.90. The normalized spacial score (nSPS) is 12.2. The molecule has 2 aromatic heterocycles. The molecule has 0 aliphatic heterocycles. The van der Waals surface area contributed by atoms with Crippen LogP contribution in [-0.2, 0) is 6.42 Å². The number of pyridine rings is 1. The Morgan fingerprint density at radius 3 is 2.53 bits per heavy atom. The van der Waals surface area contributed by atoms with E-state index in [1.165, 1.54) is 11.1 Å². The van der Waals surface area contributed by atoms with Crippen molar-refractivity contribution in [1.82, 2.24) is 14.9 Å². The molecule has 0 saturated heterocycles. The molecule has 2 rings (SSSR count). The van der Waals surface area contributed by atoms with Gasteiger partial charge in [-0.25, -0.2) is 0 Å². The molecule has 0 aromatic carbocycles. The Morgan fingerprint density at radius 2 is 1.89 bits per heavy atom. The van der Waals surface area contributed by atoms with Gasteiger partial charge in [0.2, 0.25) is 0 Å². The quantitative estimate of drug-likeness (QED) is 0.890. The largest absolute Gasteiger partial charge is 0.360 e. The van der Waals surface area contributed by atoms with Crippen molar-refractivity contribution in [2.75, 3.05) is 6.54 Å². The fourth-order valence-electron chi connectivity index (χ4n) is 2.72. The molecule has 0 radical (unpaired) electrons. The van der Waals surface area contributed by atoms with Crippen molar-refractivity contribution in [1.29, 1.82) is 0 Å². The smallest absolute Gasteiger partial charge is 0.0911 e. The fraction of sp³-hybridized carbons (Fsp3) is 0.562. The van der Waals surface area contributed by atoms with Crippen molar-refractivity contribution in [2.45, 2.75) is 53.1 Å². The van der Waals surface area contributed by atoms with Crippen molar-refractivity contribution in [3.63, 3.8) is 0 Å². The van der Waals surface area contributed by atoms with Gasteiger partial charge in [0.1, 0.15) is 0 Å². The van der Waals surface area contributed by atoms with E-state index in [1.807, 2.05) is 6.20 Å². The molecule has 0 atom stereocenters. The molecule has 2 aromatic rings. The molecule has 3 nitrogen and oxygen atoms in total. The zero-order valence-electron chi connectivity index (χ0n) is 12.7. The first kappa shape index (κ1) is 14.1. The minimum atomic E-state index is 0.584. The summed E-state index contributed by atoms with van der Waals surface area (Å²) in [6.45, 7) is 12.2. The molecule has 1 N–H and O–H groups in total. The van der Waals surface area contributed by atoms with Gasteiger partial charge in [0.05, 0.1) is 11.0 Å². The highest BCUT2D eigenvalue weighted by atomic mass is 15.2. The molecule has 19 heavy (non-hydrogen) atoms. The summed E-state index contributed by atoms with van der Waals surface area (Å²) in [5.74, 6) is 0. The van der Waals surface area contributed by atoms with Crippen LogP contribution in [-0.4, -0.2) is 33.5 Å². The van der Waals surface area contributed by atoms with Gasteiger partial charge in [-0.2, -0.15) is 0 Å². The van der Waals surface area contributed by atoms with Gasteiger partial charge < -0.3 is 4.98 Å². The molecule has 0 amide bonds. The van der Waals surface area contributed by atoms with Gasteiger partial charge in [-0.15, -0.1) is 0 Å². The summed E-state index contributed by atoms with van der Waals surface area (Å²) in [5, 5.41) is 0. The van der Waals surface area contributed by atoms with Gasteiger partial charge >= 0.3 is 0 Å². The van der Waals surface area contributed by atoms with E-state index < -0.39 is 0 Å². The van der Waals surface area contributed by atoms with Crippen LogP contribution >= 0.6 is 0 Å². The Labute approximate surface area is 116 Å². The summed E-state index contributed by atoms with van der Waals surface area (Å²) in [7, 11) is 0. The molecule has 3 heteroatoms. The lowest BCUT2D eigenvalue weighted by atomic mass is 10.1. The second kappa shape index (κ2) is 5.74. The topological polar surface area (TPSA) is 31.9 Å². The predicted molar refractivity (Wildman–Crippen MR) is 81.5 cm³/mol. The van der Waals surface area contributed by atoms with E-state index in [9.17, 15) is 0 Å². The number of H-pyrrole nitrogens is 1. The molecule has 0 fully saturated rings. The lowest BCUT2D eigenvalue weighted by molar-refractivity contribution is 0.177. The van der Waals surface area contributed by atoms with Crippen LogP contribution in [0.1, 0.15) is 38.8 Å². The Bertz CT molecular complexity index is 532. The zero-order chi connectivity index (χ0) is 14.0. The lowest BCUT2D eigenvalue weighted by Crippen LogP contribution is -2.38. The molecule has 0 aliphatic rings. The average molecular weight is 259 g/mol. The highest BCUT2D eigenvalue weighted by Crippen LogP contribution is 2.18. The summed E-state index contributed by atoms with van der Waals surface area (Å²) in [6, 6.07) is 3.33. The first-order valence-electron chi connectivity index (χ1n) is 7.17. The Hall–Kier alpha value is -1.35. The Kier molecular flexibility index (Phi) is 4.25. The number of hydrogen-bond acceptors (Lipinski definition) is 2. The van der Waals surface area contributed by atoms with Crippen molar-refractivity contribution in [3.05, 3.63) is 29.6 Å². The molecular weight excluding hydrogens is 234 g/mol. The molecule has 2 heterocycles. The van der Waals surface area contributed by atoms with Gasteiger partial charge in [0.25, 0.3) is 0 Å². The fourth-order valence-corrected chi connectivity index (χ4v) is 2.72. The van der Waals surface area contributed by atoms with E-state index in [2.05, 4.69) is 61.7 Å². The van der Waals surface area contributed by atoms with Crippen molar-refractivity contribution >= 4 is 11.0 Å². The van der Waals surface area contributed by atoms with E-state index in [4.69, 9.17) is 0 Å². The van der Waals surface area contributed by atoms with Crippen LogP contribution in [0.5, 0.6) is 0 Å². The molecule has 0 saturated carbocycles. The monoisotopic (exact) mass is 259 g/mol. The maximum Gasteiger partial charge on any atom is 0.0911 e. The van der Waals surface area contributed by atoms with Gasteiger partial charge in [-0.05, 0) is 58.2 Å². The van der Waals surface area contributed by atoms with Crippen LogP contribution in [0.15, 0.2) is 18.5 Å². The number of hydrogen-bond donors (Lipinski definition) is 1. The van der Waals surface area contributed by atoms with Crippen LogP contribution in [0.25, 0.3) is 11.0 Å². The summed E-state index contributed by atoms with van der Waals surface area (Å²) in [6.07, 6.45) is 5.10. The second-order valence-corrected chi connectivity index (χ2v) is 5.90. The maximum absolute atomic E-state index is 4.56. The van der Waals surface area contributed by atoms with Gasteiger partial charge in [0, 0.05) is 31.0 Å². The molecule has 104 valence electrons. The van der Waals surface area contributed by atoms with Crippen molar-refractivity contribution < 1.29 is 0 Å². The zero-order valence-corrected chi connectivity index (χ0v) is 12.7. The predicted octanol–water partition coefficient (Wildman–Crippen LogP) is 3.53. The van der Waals surface area contributed by atoms with Crippen molar-refractivity contribution in [2.24, 2.45) is 0 Å². The summed E-state index contributed by atoms with van der Waals surface area (Å²) >= 11 is 0. The third kappa shape index (κ3) is 3.16. The molecule has 0 unspecified atom stereocenters. The standard InChI is InChI=1S/C16H25N3/c1-11(2)19(12(3)4)7-6-14-10-17-15-8-13(5)9-18-16(14)15/h8-12,17H,6-7H2,1-5H3. The van der Waals surface area contributed by atoms with Crippen LogP contribution in [0.2, 0.25) is 0 Å². The average Bonchev–Trinajstić information content (AvgIpc) is 2.71. The number of nitrogens with one attached hydrogen (secondary N) is 1. The Balaban J connectivity index is 2.13. The van der Waals surface area contributed by atoms with Crippen LogP contribution in [0, 0.1) is 6.92 Å². The van der Waals surface area contributed by atoms with E-state index in [0.717, 1.165) is 24.0 Å².